The van der Waals surface area contributed by atoms with E-state index in [1.165, 1.54) is 5.06 Å². The van der Waals surface area contributed by atoms with Crippen molar-refractivity contribution in [3.63, 3.8) is 0 Å². The molecule has 4 aromatic rings. The van der Waals surface area contributed by atoms with Crippen LogP contribution in [-0.4, -0.2) is 32.3 Å². The number of methoxy groups -OCH3 is 3. The minimum absolute atomic E-state index is 0.179. The molecule has 4 aromatic carbocycles. The predicted octanol–water partition coefficient (Wildman–Crippen LogP) is 6.15. The van der Waals surface area contributed by atoms with E-state index in [9.17, 15) is 4.79 Å². The van der Waals surface area contributed by atoms with E-state index in [2.05, 4.69) is 0 Å². The zero-order valence-corrected chi connectivity index (χ0v) is 20.6. The number of hydroxylamine groups is 2. The largest absolute Gasteiger partial charge is 0.493 e. The summed E-state index contributed by atoms with van der Waals surface area (Å²) in [6.07, 6.45) is 0. The predicted molar refractivity (Wildman–Crippen MR) is 139 cm³/mol. The third-order valence-corrected chi connectivity index (χ3v) is 5.72. The summed E-state index contributed by atoms with van der Waals surface area (Å²) < 4.78 is 16.4. The first-order chi connectivity index (χ1) is 17.6. The monoisotopic (exact) mass is 483 g/mol. The molecule has 0 radical (unpaired) electrons. The molecule has 0 bridgehead atoms. The highest BCUT2D eigenvalue weighted by Crippen LogP contribution is 2.38. The van der Waals surface area contributed by atoms with Crippen LogP contribution in [0, 0.1) is 0 Å². The van der Waals surface area contributed by atoms with Crippen LogP contribution in [0.25, 0.3) is 11.1 Å². The smallest absolute Gasteiger partial charge is 0.277 e. The minimum Gasteiger partial charge on any atom is -0.493 e. The molecular formula is C30H29NO5. The summed E-state index contributed by atoms with van der Waals surface area (Å²) in [4.78, 5) is 19.8. The lowest BCUT2D eigenvalue weighted by Crippen LogP contribution is -2.30. The number of rotatable bonds is 10. The first-order valence-electron chi connectivity index (χ1n) is 11.6. The van der Waals surface area contributed by atoms with Gasteiger partial charge in [-0.15, -0.1) is 0 Å². The van der Waals surface area contributed by atoms with E-state index < -0.39 is 0 Å². The molecule has 0 aliphatic carbocycles. The fraction of sp³-hybridized carbons (Fsp3) is 0.167. The Labute approximate surface area is 211 Å². The Morgan fingerprint density at radius 2 is 1.28 bits per heavy atom. The second-order valence-electron chi connectivity index (χ2n) is 8.08. The molecular weight excluding hydrogens is 454 g/mol. The molecule has 0 aromatic heterocycles. The second kappa shape index (κ2) is 11.9. The molecule has 0 fully saturated rings. The van der Waals surface area contributed by atoms with E-state index >= 15 is 0 Å². The van der Waals surface area contributed by atoms with Gasteiger partial charge < -0.3 is 14.2 Å². The number of carbonyl (C=O) groups excluding carboxylic acids is 1. The number of carbonyl (C=O) groups is 1. The Morgan fingerprint density at radius 3 is 1.89 bits per heavy atom. The van der Waals surface area contributed by atoms with Gasteiger partial charge >= 0.3 is 0 Å². The molecule has 0 aliphatic rings. The molecule has 184 valence electrons. The maximum Gasteiger partial charge on any atom is 0.277 e. The average Bonchev–Trinajstić information content (AvgIpc) is 2.95. The van der Waals surface area contributed by atoms with Gasteiger partial charge in [0.15, 0.2) is 11.5 Å². The zero-order chi connectivity index (χ0) is 25.3. The van der Waals surface area contributed by atoms with Crippen molar-refractivity contribution in [3.05, 3.63) is 114 Å². The Balaban J connectivity index is 1.66. The molecule has 0 saturated heterocycles. The Kier molecular flexibility index (Phi) is 8.21. The topological polar surface area (TPSA) is 57.2 Å². The number of ether oxygens (including phenoxy) is 3. The van der Waals surface area contributed by atoms with Crippen molar-refractivity contribution in [1.29, 1.82) is 0 Å². The summed E-state index contributed by atoms with van der Waals surface area (Å²) in [5.74, 6) is 1.25. The molecule has 6 heteroatoms. The minimum atomic E-state index is -0.252. The summed E-state index contributed by atoms with van der Waals surface area (Å²) in [5.41, 5.74) is 4.24. The third kappa shape index (κ3) is 5.85. The van der Waals surface area contributed by atoms with Crippen molar-refractivity contribution in [3.8, 4) is 28.4 Å². The molecule has 0 aliphatic heterocycles. The molecule has 6 nitrogen and oxygen atoms in total. The Morgan fingerprint density at radius 1 is 0.667 bits per heavy atom. The van der Waals surface area contributed by atoms with Crippen LogP contribution in [0.2, 0.25) is 0 Å². The van der Waals surface area contributed by atoms with E-state index in [1.54, 1.807) is 27.4 Å². The SMILES string of the molecule is COc1cc(CN(OCc2ccccc2)C(=O)c2cccc(-c3ccccc3)c2)cc(OC)c1OC. The van der Waals surface area contributed by atoms with Gasteiger partial charge in [0.25, 0.3) is 5.91 Å². The van der Waals surface area contributed by atoms with Gasteiger partial charge in [-0.2, -0.15) is 0 Å². The van der Waals surface area contributed by atoms with Gasteiger partial charge in [0.1, 0.15) is 6.61 Å². The lowest BCUT2D eigenvalue weighted by Gasteiger charge is -2.23. The van der Waals surface area contributed by atoms with E-state index in [4.69, 9.17) is 19.0 Å². The molecule has 0 heterocycles. The standard InChI is InChI=1S/C30H29NO5/c1-33-27-17-23(18-28(34-2)29(27)35-3)20-31(36-21-22-11-6-4-7-12-22)30(32)26-16-10-15-25(19-26)24-13-8-5-9-14-24/h4-19H,20-21H2,1-3H3. The molecule has 0 N–H and O–H groups in total. The molecule has 0 saturated carbocycles. The number of benzene rings is 4. The highest BCUT2D eigenvalue weighted by molar-refractivity contribution is 5.94. The average molecular weight is 484 g/mol. The van der Waals surface area contributed by atoms with Gasteiger partial charge in [-0.25, -0.2) is 5.06 Å². The third-order valence-electron chi connectivity index (χ3n) is 5.72. The van der Waals surface area contributed by atoms with Crippen molar-refractivity contribution < 1.29 is 23.8 Å². The van der Waals surface area contributed by atoms with Gasteiger partial charge in [-0.1, -0.05) is 72.8 Å². The molecule has 0 atom stereocenters. The van der Waals surface area contributed by atoms with Crippen LogP contribution < -0.4 is 14.2 Å². The van der Waals surface area contributed by atoms with Crippen LogP contribution in [0.5, 0.6) is 17.2 Å². The first kappa shape index (κ1) is 24.8. The molecule has 1 amide bonds. The molecule has 36 heavy (non-hydrogen) atoms. The Bertz CT molecular complexity index is 1270. The fourth-order valence-corrected chi connectivity index (χ4v) is 3.90. The first-order valence-corrected chi connectivity index (χ1v) is 11.6. The van der Waals surface area contributed by atoms with E-state index in [1.807, 2.05) is 91.0 Å². The van der Waals surface area contributed by atoms with Crippen LogP contribution in [-0.2, 0) is 18.0 Å². The van der Waals surface area contributed by atoms with Crippen molar-refractivity contribution >= 4 is 5.91 Å². The second-order valence-corrected chi connectivity index (χ2v) is 8.08. The van der Waals surface area contributed by atoms with Crippen LogP contribution >= 0.6 is 0 Å². The molecule has 0 unspecified atom stereocenters. The highest BCUT2D eigenvalue weighted by Gasteiger charge is 2.21. The summed E-state index contributed by atoms with van der Waals surface area (Å²) in [6, 6.07) is 30.9. The molecule has 4 rings (SSSR count). The van der Waals surface area contributed by atoms with Gasteiger partial charge in [0.05, 0.1) is 27.9 Å². The summed E-state index contributed by atoms with van der Waals surface area (Å²) in [6.45, 7) is 0.424. The summed E-state index contributed by atoms with van der Waals surface area (Å²) in [7, 11) is 4.68. The van der Waals surface area contributed by atoms with E-state index in [0.29, 0.717) is 22.8 Å². The van der Waals surface area contributed by atoms with Crippen molar-refractivity contribution in [1.82, 2.24) is 5.06 Å². The Hall–Kier alpha value is -4.29. The van der Waals surface area contributed by atoms with Gasteiger partial charge in [0.2, 0.25) is 5.75 Å². The van der Waals surface area contributed by atoms with E-state index in [-0.39, 0.29) is 19.1 Å². The summed E-state index contributed by atoms with van der Waals surface area (Å²) >= 11 is 0. The van der Waals surface area contributed by atoms with Gasteiger partial charge in [-0.05, 0) is 46.5 Å². The van der Waals surface area contributed by atoms with E-state index in [0.717, 1.165) is 22.3 Å². The van der Waals surface area contributed by atoms with Crippen molar-refractivity contribution in [2.45, 2.75) is 13.2 Å². The van der Waals surface area contributed by atoms with Crippen molar-refractivity contribution in [2.75, 3.05) is 21.3 Å². The van der Waals surface area contributed by atoms with Crippen LogP contribution in [0.1, 0.15) is 21.5 Å². The number of amides is 1. The maximum absolute atomic E-state index is 13.7. The summed E-state index contributed by atoms with van der Waals surface area (Å²) in [5, 5.41) is 1.37. The fourth-order valence-electron chi connectivity index (χ4n) is 3.90. The lowest BCUT2D eigenvalue weighted by atomic mass is 10.0. The van der Waals surface area contributed by atoms with Crippen LogP contribution in [0.3, 0.4) is 0 Å². The van der Waals surface area contributed by atoms with Crippen molar-refractivity contribution in [2.24, 2.45) is 0 Å². The highest BCUT2D eigenvalue weighted by atomic mass is 16.7. The lowest BCUT2D eigenvalue weighted by molar-refractivity contribution is -0.140. The zero-order valence-electron chi connectivity index (χ0n) is 20.6. The molecule has 0 spiro atoms. The van der Waals surface area contributed by atoms with Gasteiger partial charge in [0, 0.05) is 5.56 Å². The van der Waals surface area contributed by atoms with Crippen LogP contribution in [0.15, 0.2) is 97.1 Å². The van der Waals surface area contributed by atoms with Gasteiger partial charge in [-0.3, -0.25) is 9.63 Å². The number of nitrogens with zero attached hydrogens (tertiary/aromatic N) is 1. The normalized spacial score (nSPS) is 10.5. The maximum atomic E-state index is 13.7. The number of hydrogen-bond donors (Lipinski definition) is 0. The quantitative estimate of drug-likeness (QED) is 0.253. The van der Waals surface area contributed by atoms with Crippen LogP contribution in [0.4, 0.5) is 0 Å². The number of hydrogen-bond acceptors (Lipinski definition) is 5.